The summed E-state index contributed by atoms with van der Waals surface area (Å²) in [4.78, 5) is 0. The van der Waals surface area contributed by atoms with Gasteiger partial charge in [0.1, 0.15) is 0 Å². The Hall–Kier alpha value is -0.120. The lowest BCUT2D eigenvalue weighted by molar-refractivity contribution is 0.642. The molecule has 4 heteroatoms. The molecule has 0 nitrogen and oxygen atoms in total. The van der Waals surface area contributed by atoms with Crippen LogP contribution >= 0.6 is 38.9 Å². The average Bonchev–Trinajstić information content (AvgIpc) is 2.39. The number of hydrogen-bond donors (Lipinski definition) is 0. The van der Waals surface area contributed by atoms with Crippen molar-refractivity contribution in [2.45, 2.75) is 0 Å². The highest BCUT2D eigenvalue weighted by Gasteiger charge is 2.07. The van der Waals surface area contributed by atoms with Crippen LogP contribution in [-0.2, 0) is 0 Å². The van der Waals surface area contributed by atoms with E-state index >= 15 is 0 Å². The molecule has 0 saturated heterocycles. The summed E-state index contributed by atoms with van der Waals surface area (Å²) in [5.74, 6) is -0.329. The van der Waals surface area contributed by atoms with Crippen LogP contribution in [0.25, 0.3) is 10.1 Å². The van der Waals surface area contributed by atoms with Crippen LogP contribution in [-0.4, -0.2) is 0 Å². The number of benzene rings is 1. The third-order valence-corrected chi connectivity index (χ3v) is 3.49. The molecular formula is C8H3BrClFS. The van der Waals surface area contributed by atoms with Gasteiger partial charge in [-0.2, -0.15) is 0 Å². The number of rotatable bonds is 0. The van der Waals surface area contributed by atoms with E-state index in [0.717, 1.165) is 9.17 Å². The van der Waals surface area contributed by atoms with Crippen molar-refractivity contribution in [2.75, 3.05) is 0 Å². The maximum absolute atomic E-state index is 13.3. The molecule has 0 radical (unpaired) electrons. The van der Waals surface area contributed by atoms with Crippen molar-refractivity contribution in [3.8, 4) is 0 Å². The topological polar surface area (TPSA) is 0 Å². The molecule has 0 saturated carbocycles. The summed E-state index contributed by atoms with van der Waals surface area (Å²) >= 11 is 10.3. The smallest absolute Gasteiger partial charge is 0.159 e. The molecule has 2 aromatic rings. The minimum atomic E-state index is -0.329. The second kappa shape index (κ2) is 2.98. The fraction of sp³-hybridized carbons (Fsp3) is 0. The summed E-state index contributed by atoms with van der Waals surface area (Å²) in [6.45, 7) is 0. The fourth-order valence-electron chi connectivity index (χ4n) is 1.01. The first-order valence-corrected chi connectivity index (χ1v) is 5.20. The molecule has 0 aliphatic carbocycles. The molecule has 0 spiro atoms. The van der Waals surface area contributed by atoms with Crippen LogP contribution in [0.4, 0.5) is 4.39 Å². The lowest BCUT2D eigenvalue weighted by atomic mass is 10.2. The summed E-state index contributed by atoms with van der Waals surface area (Å²) in [5.41, 5.74) is 0. The molecule has 0 amide bonds. The van der Waals surface area contributed by atoms with Gasteiger partial charge in [-0.15, -0.1) is 11.3 Å². The first-order chi connectivity index (χ1) is 5.68. The Morgan fingerprint density at radius 3 is 2.92 bits per heavy atom. The highest BCUT2D eigenvalue weighted by molar-refractivity contribution is 9.11. The van der Waals surface area contributed by atoms with E-state index in [4.69, 9.17) is 11.6 Å². The normalized spacial score (nSPS) is 10.9. The molecule has 1 aromatic heterocycles. The minimum Gasteiger partial charge on any atom is -0.204 e. The highest BCUT2D eigenvalue weighted by Crippen LogP contribution is 2.34. The van der Waals surface area contributed by atoms with Gasteiger partial charge in [-0.3, -0.25) is 0 Å². The van der Waals surface area contributed by atoms with Crippen molar-refractivity contribution < 1.29 is 4.39 Å². The van der Waals surface area contributed by atoms with E-state index < -0.39 is 0 Å². The van der Waals surface area contributed by atoms with Crippen LogP contribution in [0.2, 0.25) is 5.02 Å². The number of halogens is 3. The minimum absolute atomic E-state index is 0.178. The van der Waals surface area contributed by atoms with E-state index in [2.05, 4.69) is 15.9 Å². The van der Waals surface area contributed by atoms with Crippen LogP contribution in [0.3, 0.4) is 0 Å². The van der Waals surface area contributed by atoms with Crippen molar-refractivity contribution in [3.05, 3.63) is 32.8 Å². The van der Waals surface area contributed by atoms with Gasteiger partial charge in [0.05, 0.1) is 13.5 Å². The SMILES string of the molecule is Fc1c(Cl)ccc2cc(Br)sc12. The molecular weight excluding hydrogens is 263 g/mol. The molecule has 0 aliphatic heterocycles. The van der Waals surface area contributed by atoms with Gasteiger partial charge in [-0.25, -0.2) is 4.39 Å². The highest BCUT2D eigenvalue weighted by atomic mass is 79.9. The van der Waals surface area contributed by atoms with Crippen LogP contribution < -0.4 is 0 Å². The zero-order valence-electron chi connectivity index (χ0n) is 5.77. The van der Waals surface area contributed by atoms with Gasteiger partial charge in [0.15, 0.2) is 5.82 Å². The van der Waals surface area contributed by atoms with Gasteiger partial charge >= 0.3 is 0 Å². The van der Waals surface area contributed by atoms with Gasteiger partial charge < -0.3 is 0 Å². The summed E-state index contributed by atoms with van der Waals surface area (Å²) in [7, 11) is 0. The van der Waals surface area contributed by atoms with Crippen molar-refractivity contribution in [2.24, 2.45) is 0 Å². The largest absolute Gasteiger partial charge is 0.204 e. The second-order valence-corrected chi connectivity index (χ2v) is 5.17. The number of thiophene rings is 1. The first kappa shape index (κ1) is 8.48. The maximum Gasteiger partial charge on any atom is 0.159 e. The molecule has 1 aromatic carbocycles. The third-order valence-electron chi connectivity index (χ3n) is 1.55. The van der Waals surface area contributed by atoms with Crippen molar-refractivity contribution in [1.29, 1.82) is 0 Å². The Balaban J connectivity index is 2.89. The maximum atomic E-state index is 13.3. The van der Waals surface area contributed by atoms with E-state index in [1.807, 2.05) is 12.1 Å². The molecule has 0 fully saturated rings. The molecule has 62 valence electrons. The Morgan fingerprint density at radius 2 is 2.17 bits per heavy atom. The summed E-state index contributed by atoms with van der Waals surface area (Å²) < 4.78 is 14.8. The summed E-state index contributed by atoms with van der Waals surface area (Å²) in [6, 6.07) is 5.25. The Bertz CT molecular complexity index is 438. The summed E-state index contributed by atoms with van der Waals surface area (Å²) in [5, 5.41) is 1.06. The van der Waals surface area contributed by atoms with E-state index in [0.29, 0.717) is 4.70 Å². The van der Waals surface area contributed by atoms with Gasteiger partial charge in [-0.05, 0) is 33.4 Å². The van der Waals surface area contributed by atoms with E-state index in [9.17, 15) is 4.39 Å². The zero-order valence-corrected chi connectivity index (χ0v) is 8.93. The Morgan fingerprint density at radius 1 is 1.42 bits per heavy atom. The Labute approximate surface area is 86.1 Å². The molecule has 12 heavy (non-hydrogen) atoms. The average molecular weight is 266 g/mol. The van der Waals surface area contributed by atoms with Gasteiger partial charge in [0, 0.05) is 0 Å². The molecule has 0 aliphatic rings. The molecule has 1 heterocycles. The molecule has 2 rings (SSSR count). The number of fused-ring (bicyclic) bond motifs is 1. The molecule has 0 N–H and O–H groups in total. The third kappa shape index (κ3) is 1.26. The van der Waals surface area contributed by atoms with Gasteiger partial charge in [0.25, 0.3) is 0 Å². The monoisotopic (exact) mass is 264 g/mol. The van der Waals surface area contributed by atoms with Crippen molar-refractivity contribution >= 4 is 49.0 Å². The van der Waals surface area contributed by atoms with E-state index in [1.165, 1.54) is 11.3 Å². The van der Waals surface area contributed by atoms with Crippen LogP contribution in [0.5, 0.6) is 0 Å². The van der Waals surface area contributed by atoms with Crippen LogP contribution in [0, 0.1) is 5.82 Å². The summed E-state index contributed by atoms with van der Waals surface area (Å²) in [6.07, 6.45) is 0. The molecule has 0 unspecified atom stereocenters. The first-order valence-electron chi connectivity index (χ1n) is 3.21. The fourth-order valence-corrected chi connectivity index (χ4v) is 2.78. The van der Waals surface area contributed by atoms with E-state index in [1.54, 1.807) is 6.07 Å². The van der Waals surface area contributed by atoms with Crippen LogP contribution in [0.1, 0.15) is 0 Å². The lowest BCUT2D eigenvalue weighted by Gasteiger charge is -1.93. The van der Waals surface area contributed by atoms with Crippen molar-refractivity contribution in [3.63, 3.8) is 0 Å². The number of hydrogen-bond acceptors (Lipinski definition) is 1. The second-order valence-electron chi connectivity index (χ2n) is 2.33. The zero-order chi connectivity index (χ0) is 8.72. The predicted molar refractivity (Wildman–Crippen MR) is 54.5 cm³/mol. The van der Waals surface area contributed by atoms with Gasteiger partial charge in [0.2, 0.25) is 0 Å². The van der Waals surface area contributed by atoms with Gasteiger partial charge in [-0.1, -0.05) is 17.7 Å². The quantitative estimate of drug-likeness (QED) is 0.660. The predicted octanol–water partition coefficient (Wildman–Crippen LogP) is 4.46. The standard InChI is InChI=1S/C8H3BrClFS/c9-6-3-4-1-2-5(10)7(11)8(4)12-6/h1-3H. The Kier molecular flexibility index (Phi) is 2.10. The molecule has 0 bridgehead atoms. The lowest BCUT2D eigenvalue weighted by Crippen LogP contribution is -1.74. The van der Waals surface area contributed by atoms with Crippen LogP contribution in [0.15, 0.2) is 22.0 Å². The van der Waals surface area contributed by atoms with E-state index in [-0.39, 0.29) is 10.8 Å². The molecule has 0 atom stereocenters. The van der Waals surface area contributed by atoms with Crippen molar-refractivity contribution in [1.82, 2.24) is 0 Å².